The lowest BCUT2D eigenvalue weighted by Crippen LogP contribution is -2.29. The van der Waals surface area contributed by atoms with Crippen molar-refractivity contribution in [3.05, 3.63) is 94.5 Å². The predicted molar refractivity (Wildman–Crippen MR) is 110 cm³/mol. The summed E-state index contributed by atoms with van der Waals surface area (Å²) in [7, 11) is 0. The van der Waals surface area contributed by atoms with Gasteiger partial charge in [0.1, 0.15) is 12.2 Å². The van der Waals surface area contributed by atoms with E-state index in [1.54, 1.807) is 18.2 Å². The van der Waals surface area contributed by atoms with E-state index in [1.807, 2.05) is 30.3 Å². The SMILES string of the molecule is O=C(Cn1nc(-c2ccco2)ccc1=O)Nc1ccc2c(c1)Cc1ccccc1-2. The molecule has 0 fully saturated rings. The highest BCUT2D eigenvalue weighted by molar-refractivity contribution is 5.91. The van der Waals surface area contributed by atoms with Crippen LogP contribution in [0, 0.1) is 0 Å². The Bertz CT molecular complexity index is 1270. The lowest BCUT2D eigenvalue weighted by molar-refractivity contribution is -0.117. The molecule has 0 unspecified atom stereocenters. The maximum Gasteiger partial charge on any atom is 0.267 e. The molecular formula is C23H17N3O3. The molecule has 0 radical (unpaired) electrons. The molecule has 142 valence electrons. The number of fused-ring (bicyclic) bond motifs is 3. The number of rotatable bonds is 4. The summed E-state index contributed by atoms with van der Waals surface area (Å²) < 4.78 is 6.44. The van der Waals surface area contributed by atoms with Crippen LogP contribution in [0.3, 0.4) is 0 Å². The van der Waals surface area contributed by atoms with Crippen LogP contribution in [-0.4, -0.2) is 15.7 Å². The third-order valence-corrected chi connectivity index (χ3v) is 5.01. The minimum atomic E-state index is -0.347. The second-order valence-electron chi connectivity index (χ2n) is 6.95. The van der Waals surface area contributed by atoms with E-state index < -0.39 is 0 Å². The summed E-state index contributed by atoms with van der Waals surface area (Å²) in [6.45, 7) is -0.176. The largest absolute Gasteiger partial charge is 0.463 e. The Morgan fingerprint density at radius 3 is 2.72 bits per heavy atom. The van der Waals surface area contributed by atoms with Gasteiger partial charge >= 0.3 is 0 Å². The number of nitrogens with one attached hydrogen (secondary N) is 1. The van der Waals surface area contributed by atoms with Crippen LogP contribution in [0.15, 0.2) is 82.2 Å². The molecule has 1 aliphatic rings. The van der Waals surface area contributed by atoms with Crippen LogP contribution in [0.5, 0.6) is 0 Å². The van der Waals surface area contributed by atoms with Crippen LogP contribution >= 0.6 is 0 Å². The standard InChI is InChI=1S/C23H17N3O3/c27-22(14-26-23(28)10-9-20(25-26)21-6-3-11-29-21)24-17-7-8-19-16(13-17)12-15-4-1-2-5-18(15)19/h1-11,13H,12,14H2,(H,24,27). The Balaban J connectivity index is 1.34. The van der Waals surface area contributed by atoms with E-state index in [1.165, 1.54) is 34.6 Å². The molecule has 29 heavy (non-hydrogen) atoms. The molecule has 1 N–H and O–H groups in total. The first kappa shape index (κ1) is 17.2. The second kappa shape index (κ2) is 6.91. The average molecular weight is 383 g/mol. The molecular weight excluding hydrogens is 366 g/mol. The van der Waals surface area contributed by atoms with E-state index in [9.17, 15) is 9.59 Å². The predicted octanol–water partition coefficient (Wildman–Crippen LogP) is 3.71. The summed E-state index contributed by atoms with van der Waals surface area (Å²) >= 11 is 0. The molecule has 1 aliphatic carbocycles. The van der Waals surface area contributed by atoms with E-state index in [0.29, 0.717) is 17.1 Å². The number of aromatic nitrogens is 2. The van der Waals surface area contributed by atoms with Crippen LogP contribution in [0.2, 0.25) is 0 Å². The first-order valence-electron chi connectivity index (χ1n) is 9.30. The Morgan fingerprint density at radius 2 is 1.86 bits per heavy atom. The zero-order valence-electron chi connectivity index (χ0n) is 15.5. The quantitative estimate of drug-likeness (QED) is 0.513. The van der Waals surface area contributed by atoms with Crippen molar-refractivity contribution in [1.82, 2.24) is 9.78 Å². The van der Waals surface area contributed by atoms with Crippen molar-refractivity contribution in [2.75, 3.05) is 5.32 Å². The molecule has 1 amide bonds. The van der Waals surface area contributed by atoms with E-state index in [4.69, 9.17) is 4.42 Å². The van der Waals surface area contributed by atoms with Gasteiger partial charge in [-0.15, -0.1) is 0 Å². The molecule has 2 aromatic heterocycles. The van der Waals surface area contributed by atoms with Gasteiger partial charge in [0, 0.05) is 11.8 Å². The van der Waals surface area contributed by atoms with Gasteiger partial charge in [0.25, 0.3) is 5.56 Å². The Morgan fingerprint density at radius 1 is 1.00 bits per heavy atom. The van der Waals surface area contributed by atoms with Gasteiger partial charge in [0.05, 0.1) is 6.26 Å². The van der Waals surface area contributed by atoms with Gasteiger partial charge in [-0.1, -0.05) is 30.3 Å². The van der Waals surface area contributed by atoms with Crippen LogP contribution < -0.4 is 10.9 Å². The summed E-state index contributed by atoms with van der Waals surface area (Å²) in [6, 6.07) is 20.7. The smallest absolute Gasteiger partial charge is 0.267 e. The van der Waals surface area contributed by atoms with Crippen molar-refractivity contribution in [2.24, 2.45) is 0 Å². The van der Waals surface area contributed by atoms with Crippen molar-refractivity contribution < 1.29 is 9.21 Å². The molecule has 0 atom stereocenters. The fourth-order valence-electron chi connectivity index (χ4n) is 3.68. The van der Waals surface area contributed by atoms with Crippen LogP contribution in [0.4, 0.5) is 5.69 Å². The number of hydrogen-bond donors (Lipinski definition) is 1. The summed E-state index contributed by atoms with van der Waals surface area (Å²) in [6.07, 6.45) is 2.38. The third-order valence-electron chi connectivity index (χ3n) is 5.01. The summed E-state index contributed by atoms with van der Waals surface area (Å²) in [5.74, 6) is 0.226. The van der Waals surface area contributed by atoms with Gasteiger partial charge < -0.3 is 9.73 Å². The molecule has 6 heteroatoms. The van der Waals surface area contributed by atoms with Gasteiger partial charge in [-0.2, -0.15) is 5.10 Å². The monoisotopic (exact) mass is 383 g/mol. The molecule has 0 saturated carbocycles. The minimum Gasteiger partial charge on any atom is -0.463 e. The highest BCUT2D eigenvalue weighted by atomic mass is 16.3. The number of hydrogen-bond acceptors (Lipinski definition) is 4. The molecule has 5 rings (SSSR count). The summed E-state index contributed by atoms with van der Waals surface area (Å²) in [5, 5.41) is 7.10. The van der Waals surface area contributed by atoms with Crippen molar-refractivity contribution in [3.8, 4) is 22.6 Å². The Labute approximate surface area is 166 Å². The highest BCUT2D eigenvalue weighted by Crippen LogP contribution is 2.37. The first-order valence-corrected chi connectivity index (χ1v) is 9.30. The van der Waals surface area contributed by atoms with Gasteiger partial charge in [-0.3, -0.25) is 9.59 Å². The van der Waals surface area contributed by atoms with Crippen molar-refractivity contribution in [3.63, 3.8) is 0 Å². The normalized spacial score (nSPS) is 11.7. The van der Waals surface area contributed by atoms with Gasteiger partial charge in [0.15, 0.2) is 5.76 Å². The van der Waals surface area contributed by atoms with Gasteiger partial charge in [-0.05, 0) is 59.0 Å². The van der Waals surface area contributed by atoms with Gasteiger partial charge in [0.2, 0.25) is 5.91 Å². The third kappa shape index (κ3) is 3.25. The van der Waals surface area contributed by atoms with Crippen molar-refractivity contribution in [2.45, 2.75) is 13.0 Å². The molecule has 0 saturated heterocycles. The molecule has 2 heterocycles. The highest BCUT2D eigenvalue weighted by Gasteiger charge is 2.18. The van der Waals surface area contributed by atoms with Crippen LogP contribution in [-0.2, 0) is 17.8 Å². The van der Waals surface area contributed by atoms with E-state index in [0.717, 1.165) is 11.1 Å². The maximum absolute atomic E-state index is 12.5. The molecule has 0 bridgehead atoms. The number of carbonyl (C=O) groups is 1. The zero-order chi connectivity index (χ0) is 19.8. The molecule has 0 spiro atoms. The second-order valence-corrected chi connectivity index (χ2v) is 6.95. The maximum atomic E-state index is 12.5. The zero-order valence-corrected chi connectivity index (χ0v) is 15.5. The van der Waals surface area contributed by atoms with Crippen molar-refractivity contribution >= 4 is 11.6 Å². The van der Waals surface area contributed by atoms with E-state index in [2.05, 4.69) is 22.5 Å². The summed E-state index contributed by atoms with van der Waals surface area (Å²) in [5.41, 5.74) is 5.76. The minimum absolute atomic E-state index is 0.176. The fourth-order valence-corrected chi connectivity index (χ4v) is 3.68. The van der Waals surface area contributed by atoms with E-state index in [-0.39, 0.29) is 18.0 Å². The first-order chi connectivity index (χ1) is 14.2. The topological polar surface area (TPSA) is 77.1 Å². The van der Waals surface area contributed by atoms with Gasteiger partial charge in [-0.25, -0.2) is 4.68 Å². The van der Waals surface area contributed by atoms with E-state index >= 15 is 0 Å². The number of nitrogens with zero attached hydrogens (tertiary/aromatic N) is 2. The Hall–Kier alpha value is -3.93. The lowest BCUT2D eigenvalue weighted by atomic mass is 10.1. The number of benzene rings is 2. The number of furan rings is 1. The molecule has 4 aromatic rings. The number of amides is 1. The Kier molecular flexibility index (Phi) is 4.09. The van der Waals surface area contributed by atoms with Crippen molar-refractivity contribution in [1.29, 1.82) is 0 Å². The summed E-state index contributed by atoms with van der Waals surface area (Å²) in [4.78, 5) is 24.6. The molecule has 6 nitrogen and oxygen atoms in total. The number of carbonyl (C=O) groups excluding carboxylic acids is 1. The average Bonchev–Trinajstić information content (AvgIpc) is 3.37. The van der Waals surface area contributed by atoms with Crippen LogP contribution in [0.25, 0.3) is 22.6 Å². The fraction of sp³-hybridized carbons (Fsp3) is 0.0870. The lowest BCUT2D eigenvalue weighted by Gasteiger charge is -2.09. The molecule has 0 aliphatic heterocycles. The van der Waals surface area contributed by atoms with Crippen LogP contribution in [0.1, 0.15) is 11.1 Å². The number of anilines is 1. The molecule has 2 aromatic carbocycles.